The summed E-state index contributed by atoms with van der Waals surface area (Å²) in [5, 5.41) is -0.424. The zero-order valence-corrected chi connectivity index (χ0v) is 12.4. The number of sulfone groups is 1. The molecule has 7 heteroatoms. The van der Waals surface area contributed by atoms with Gasteiger partial charge in [0.05, 0.1) is 16.3 Å². The molecule has 2 heterocycles. The number of nitrogens with zero attached hydrogens (tertiary/aromatic N) is 3. The summed E-state index contributed by atoms with van der Waals surface area (Å²) in [7, 11) is -3.06. The molecule has 0 radical (unpaired) electrons. The van der Waals surface area contributed by atoms with E-state index < -0.39 is 15.1 Å². The van der Waals surface area contributed by atoms with Crippen molar-refractivity contribution in [3.8, 4) is 0 Å². The molecule has 1 fully saturated rings. The van der Waals surface area contributed by atoms with Gasteiger partial charge in [0, 0.05) is 36.8 Å². The molecule has 1 aliphatic heterocycles. The first-order chi connectivity index (χ1) is 10.0. The molecule has 1 aromatic carbocycles. The van der Waals surface area contributed by atoms with E-state index in [1.54, 1.807) is 42.4 Å². The highest BCUT2D eigenvalue weighted by atomic mass is 32.2. The van der Waals surface area contributed by atoms with Gasteiger partial charge in [0.25, 0.3) is 5.91 Å². The smallest absolute Gasteiger partial charge is 0.254 e. The minimum absolute atomic E-state index is 0.116. The second kappa shape index (κ2) is 5.07. The van der Waals surface area contributed by atoms with Crippen molar-refractivity contribution >= 4 is 26.8 Å². The summed E-state index contributed by atoms with van der Waals surface area (Å²) in [6.45, 7) is 2.17. The van der Waals surface area contributed by atoms with Gasteiger partial charge in [-0.2, -0.15) is 0 Å². The average Bonchev–Trinajstić information content (AvgIpc) is 2.44. The Morgan fingerprint density at radius 3 is 2.57 bits per heavy atom. The largest absolute Gasteiger partial charge is 0.336 e. The molecule has 6 nitrogen and oxygen atoms in total. The van der Waals surface area contributed by atoms with Gasteiger partial charge in [-0.15, -0.1) is 0 Å². The molecule has 1 aliphatic rings. The molecular formula is C14H15N3O3S. The average molecular weight is 305 g/mol. The maximum Gasteiger partial charge on any atom is 0.254 e. The topological polar surface area (TPSA) is 80.2 Å². The fraction of sp³-hybridized carbons (Fsp3) is 0.357. The fourth-order valence-corrected chi connectivity index (χ4v) is 3.63. The van der Waals surface area contributed by atoms with Crippen LogP contribution in [0.3, 0.4) is 0 Å². The lowest BCUT2D eigenvalue weighted by Gasteiger charge is -2.38. The van der Waals surface area contributed by atoms with Gasteiger partial charge < -0.3 is 4.90 Å². The number of rotatable bonds is 3. The van der Waals surface area contributed by atoms with Gasteiger partial charge in [-0.1, -0.05) is 6.92 Å². The van der Waals surface area contributed by atoms with Gasteiger partial charge in [0.15, 0.2) is 9.84 Å². The summed E-state index contributed by atoms with van der Waals surface area (Å²) in [6, 6.07) is 5.13. The molecule has 0 saturated carbocycles. The van der Waals surface area contributed by atoms with Crippen LogP contribution in [-0.4, -0.2) is 53.3 Å². The van der Waals surface area contributed by atoms with E-state index >= 15 is 0 Å². The second-order valence-electron chi connectivity index (χ2n) is 5.04. The number of carbonyl (C=O) groups is 1. The molecule has 0 atom stereocenters. The SMILES string of the molecule is CCS(=O)(=O)C1CN(C(=O)c2ccc3nccnc3c2)C1. The van der Waals surface area contributed by atoms with Crippen molar-refractivity contribution in [2.45, 2.75) is 12.2 Å². The quantitative estimate of drug-likeness (QED) is 0.841. The lowest BCUT2D eigenvalue weighted by Crippen LogP contribution is -2.57. The van der Waals surface area contributed by atoms with E-state index in [0.29, 0.717) is 11.1 Å². The molecule has 0 aliphatic carbocycles. The third-order valence-electron chi connectivity index (χ3n) is 3.76. The molecule has 110 valence electrons. The molecule has 1 aromatic heterocycles. The molecule has 2 aromatic rings. The van der Waals surface area contributed by atoms with Crippen LogP contribution < -0.4 is 0 Å². The first kappa shape index (κ1) is 13.9. The van der Waals surface area contributed by atoms with Crippen molar-refractivity contribution in [2.75, 3.05) is 18.8 Å². The highest BCUT2D eigenvalue weighted by molar-refractivity contribution is 7.92. The Hall–Kier alpha value is -2.02. The van der Waals surface area contributed by atoms with Gasteiger partial charge >= 0.3 is 0 Å². The van der Waals surface area contributed by atoms with E-state index in [1.165, 1.54) is 0 Å². The first-order valence-corrected chi connectivity index (χ1v) is 8.44. The molecule has 21 heavy (non-hydrogen) atoms. The minimum atomic E-state index is -3.06. The van der Waals surface area contributed by atoms with Crippen molar-refractivity contribution in [2.24, 2.45) is 0 Å². The van der Waals surface area contributed by atoms with Gasteiger partial charge in [-0.25, -0.2) is 8.42 Å². The van der Waals surface area contributed by atoms with Crippen LogP contribution in [0.15, 0.2) is 30.6 Å². The van der Waals surface area contributed by atoms with Crippen molar-refractivity contribution in [3.63, 3.8) is 0 Å². The van der Waals surface area contributed by atoms with E-state index in [-0.39, 0.29) is 24.7 Å². The minimum Gasteiger partial charge on any atom is -0.336 e. The third kappa shape index (κ3) is 2.49. The van der Waals surface area contributed by atoms with Gasteiger partial charge in [-0.3, -0.25) is 14.8 Å². The van der Waals surface area contributed by atoms with Crippen LogP contribution in [0.4, 0.5) is 0 Å². The molecule has 0 unspecified atom stereocenters. The Morgan fingerprint density at radius 2 is 1.90 bits per heavy atom. The summed E-state index contributed by atoms with van der Waals surface area (Å²) < 4.78 is 23.4. The molecule has 3 rings (SSSR count). The number of benzene rings is 1. The molecule has 0 spiro atoms. The Morgan fingerprint density at radius 1 is 1.24 bits per heavy atom. The van der Waals surface area contributed by atoms with E-state index in [2.05, 4.69) is 9.97 Å². The maximum absolute atomic E-state index is 12.3. The summed E-state index contributed by atoms with van der Waals surface area (Å²) in [5.74, 6) is -0.0456. The number of carbonyl (C=O) groups excluding carboxylic acids is 1. The summed E-state index contributed by atoms with van der Waals surface area (Å²) in [6.07, 6.45) is 3.17. The van der Waals surface area contributed by atoms with Gasteiger partial charge in [0.1, 0.15) is 0 Å². The van der Waals surface area contributed by atoms with E-state index in [4.69, 9.17) is 0 Å². The summed E-state index contributed by atoms with van der Waals surface area (Å²) in [5.41, 5.74) is 1.89. The Bertz CT molecular complexity index is 798. The number of amides is 1. The highest BCUT2D eigenvalue weighted by Gasteiger charge is 2.38. The normalized spacial score (nSPS) is 16.0. The predicted molar refractivity (Wildman–Crippen MR) is 78.7 cm³/mol. The summed E-state index contributed by atoms with van der Waals surface area (Å²) in [4.78, 5) is 22.2. The van der Waals surface area contributed by atoms with E-state index in [0.717, 1.165) is 5.52 Å². The standard InChI is InChI=1S/C14H15N3O3S/c1-2-21(19,20)11-8-17(9-11)14(18)10-3-4-12-13(7-10)16-6-5-15-12/h3-7,11H,2,8-9H2,1H3. The Balaban J connectivity index is 1.77. The van der Waals surface area contributed by atoms with E-state index in [9.17, 15) is 13.2 Å². The van der Waals surface area contributed by atoms with Crippen LogP contribution in [0.5, 0.6) is 0 Å². The van der Waals surface area contributed by atoms with Crippen LogP contribution in [0.1, 0.15) is 17.3 Å². The molecule has 1 amide bonds. The zero-order valence-electron chi connectivity index (χ0n) is 11.6. The van der Waals surface area contributed by atoms with Gasteiger partial charge in [0.2, 0.25) is 0 Å². The molecule has 1 saturated heterocycles. The lowest BCUT2D eigenvalue weighted by molar-refractivity contribution is 0.0659. The monoisotopic (exact) mass is 305 g/mol. The number of fused-ring (bicyclic) bond motifs is 1. The number of aromatic nitrogens is 2. The van der Waals surface area contributed by atoms with Gasteiger partial charge in [-0.05, 0) is 18.2 Å². The molecule has 0 N–H and O–H groups in total. The van der Waals surface area contributed by atoms with Crippen molar-refractivity contribution < 1.29 is 13.2 Å². The van der Waals surface area contributed by atoms with Crippen LogP contribution in [0, 0.1) is 0 Å². The number of hydrogen-bond acceptors (Lipinski definition) is 5. The van der Waals surface area contributed by atoms with Crippen LogP contribution in [0.25, 0.3) is 11.0 Å². The Kier molecular flexibility index (Phi) is 3.36. The lowest BCUT2D eigenvalue weighted by atomic mass is 10.1. The van der Waals surface area contributed by atoms with Crippen LogP contribution in [-0.2, 0) is 9.84 Å². The number of hydrogen-bond donors (Lipinski definition) is 0. The molecule has 0 bridgehead atoms. The van der Waals surface area contributed by atoms with Crippen LogP contribution in [0.2, 0.25) is 0 Å². The predicted octanol–water partition coefficient (Wildman–Crippen LogP) is 0.889. The second-order valence-corrected chi connectivity index (χ2v) is 7.61. The van der Waals surface area contributed by atoms with Crippen molar-refractivity contribution in [3.05, 3.63) is 36.2 Å². The first-order valence-electron chi connectivity index (χ1n) is 6.73. The summed E-state index contributed by atoms with van der Waals surface area (Å²) >= 11 is 0. The maximum atomic E-state index is 12.3. The van der Waals surface area contributed by atoms with Crippen LogP contribution >= 0.6 is 0 Å². The molecular weight excluding hydrogens is 290 g/mol. The Labute approximate surface area is 122 Å². The van der Waals surface area contributed by atoms with E-state index in [1.807, 2.05) is 0 Å². The third-order valence-corrected chi connectivity index (χ3v) is 5.88. The number of likely N-dealkylation sites (tertiary alicyclic amines) is 1. The fourth-order valence-electron chi connectivity index (χ4n) is 2.35. The highest BCUT2D eigenvalue weighted by Crippen LogP contribution is 2.21. The van der Waals surface area contributed by atoms with Crippen molar-refractivity contribution in [1.29, 1.82) is 0 Å². The zero-order chi connectivity index (χ0) is 15.0. The van der Waals surface area contributed by atoms with Crippen molar-refractivity contribution in [1.82, 2.24) is 14.9 Å².